The molecule has 2 rings (SSSR count). The second kappa shape index (κ2) is 5.67. The van der Waals surface area contributed by atoms with E-state index in [0.717, 1.165) is 25.0 Å². The predicted octanol–water partition coefficient (Wildman–Crippen LogP) is 3.43. The molecule has 0 bridgehead atoms. The van der Waals surface area contributed by atoms with Crippen LogP contribution in [0.2, 0.25) is 0 Å². The average molecular weight is 270 g/mol. The van der Waals surface area contributed by atoms with Gasteiger partial charge in [0.15, 0.2) is 0 Å². The van der Waals surface area contributed by atoms with Crippen molar-refractivity contribution in [2.24, 2.45) is 0 Å². The van der Waals surface area contributed by atoms with E-state index in [1.807, 2.05) is 4.68 Å². The Bertz CT molecular complexity index is 563. The van der Waals surface area contributed by atoms with Gasteiger partial charge in [0.1, 0.15) is 0 Å². The summed E-state index contributed by atoms with van der Waals surface area (Å²) < 4.78 is 2.02. The molecule has 1 aliphatic rings. The molecule has 1 aromatic heterocycles. The highest BCUT2D eigenvalue weighted by molar-refractivity contribution is 5.37. The lowest BCUT2D eigenvalue weighted by atomic mass is 9.78. The molecule has 0 amide bonds. The van der Waals surface area contributed by atoms with Crippen molar-refractivity contribution in [2.75, 3.05) is 0 Å². The van der Waals surface area contributed by atoms with Gasteiger partial charge in [-0.1, -0.05) is 20.8 Å². The summed E-state index contributed by atoms with van der Waals surface area (Å²) in [4.78, 5) is 0. The van der Waals surface area contributed by atoms with E-state index in [1.165, 1.54) is 11.3 Å². The highest BCUT2D eigenvalue weighted by Gasteiger charge is 2.32. The Hall–Kier alpha value is -1.81. The summed E-state index contributed by atoms with van der Waals surface area (Å²) in [5, 5.41) is 22.7. The summed E-state index contributed by atoms with van der Waals surface area (Å²) >= 11 is 0. The van der Waals surface area contributed by atoms with Crippen LogP contribution in [0.15, 0.2) is 0 Å². The monoisotopic (exact) mass is 270 g/mol. The Morgan fingerprint density at radius 2 is 2.05 bits per heavy atom. The van der Waals surface area contributed by atoms with E-state index in [9.17, 15) is 0 Å². The Morgan fingerprint density at radius 1 is 1.30 bits per heavy atom. The number of aryl methyl sites for hydroxylation is 1. The van der Waals surface area contributed by atoms with Crippen LogP contribution in [0.1, 0.15) is 69.3 Å². The van der Waals surface area contributed by atoms with Crippen LogP contribution < -0.4 is 0 Å². The van der Waals surface area contributed by atoms with Crippen molar-refractivity contribution in [3.8, 4) is 12.1 Å². The zero-order valence-electron chi connectivity index (χ0n) is 12.6. The van der Waals surface area contributed by atoms with Crippen LogP contribution in [0, 0.1) is 22.7 Å². The van der Waals surface area contributed by atoms with Gasteiger partial charge < -0.3 is 0 Å². The van der Waals surface area contributed by atoms with Gasteiger partial charge in [0, 0.05) is 29.0 Å². The lowest BCUT2D eigenvalue weighted by Crippen LogP contribution is -2.18. The van der Waals surface area contributed by atoms with Gasteiger partial charge in [0.2, 0.25) is 0 Å². The first-order valence-corrected chi connectivity index (χ1v) is 7.33. The molecule has 20 heavy (non-hydrogen) atoms. The molecule has 106 valence electrons. The van der Waals surface area contributed by atoms with Crippen molar-refractivity contribution in [2.45, 2.75) is 70.8 Å². The first kappa shape index (κ1) is 14.6. The first-order chi connectivity index (χ1) is 9.49. The Morgan fingerprint density at radius 3 is 2.65 bits per heavy atom. The van der Waals surface area contributed by atoms with E-state index in [4.69, 9.17) is 15.6 Å². The molecular weight excluding hydrogens is 248 g/mol. The fourth-order valence-electron chi connectivity index (χ4n) is 3.07. The molecule has 0 fully saturated rings. The van der Waals surface area contributed by atoms with Crippen LogP contribution in [-0.2, 0) is 18.4 Å². The minimum absolute atomic E-state index is 0.0208. The third kappa shape index (κ3) is 2.70. The molecule has 0 aliphatic heterocycles. The Balaban J connectivity index is 2.50. The summed E-state index contributed by atoms with van der Waals surface area (Å²) in [7, 11) is 0. The molecule has 0 spiro atoms. The summed E-state index contributed by atoms with van der Waals surface area (Å²) in [6.45, 7) is 7.17. The molecule has 4 nitrogen and oxygen atoms in total. The number of fused-ring (bicyclic) bond motifs is 1. The van der Waals surface area contributed by atoms with Gasteiger partial charge in [-0.3, -0.25) is 4.68 Å². The molecule has 1 atom stereocenters. The van der Waals surface area contributed by atoms with E-state index >= 15 is 0 Å². The smallest absolute Gasteiger partial charge is 0.0716 e. The van der Waals surface area contributed by atoms with Crippen molar-refractivity contribution in [3.05, 3.63) is 17.0 Å². The number of hydrogen-bond acceptors (Lipinski definition) is 3. The second-order valence-electron chi connectivity index (χ2n) is 6.54. The third-order valence-corrected chi connectivity index (χ3v) is 3.96. The van der Waals surface area contributed by atoms with E-state index in [0.29, 0.717) is 25.3 Å². The number of aromatic nitrogens is 2. The standard InChI is InChI=1S/C16H22N4/c1-16(2,3)15-14-12(8-10-18)6-4-7-13(14)20(19-15)11-5-9-17/h12H,4-8,11H2,1-3H3. The molecular formula is C16H22N4. The maximum Gasteiger partial charge on any atom is 0.0716 e. The molecule has 0 saturated heterocycles. The number of nitrogens with zero attached hydrogens (tertiary/aromatic N) is 4. The molecule has 0 aromatic carbocycles. The molecule has 1 aliphatic carbocycles. The highest BCUT2D eigenvalue weighted by Crippen LogP contribution is 2.40. The molecule has 4 heteroatoms. The van der Waals surface area contributed by atoms with Gasteiger partial charge in [-0.05, 0) is 19.3 Å². The SMILES string of the molecule is CC(C)(C)c1nn(CCC#N)c2c1C(CC#N)CCC2. The van der Waals surface area contributed by atoms with E-state index in [-0.39, 0.29) is 5.41 Å². The summed E-state index contributed by atoms with van der Waals surface area (Å²) in [6.07, 6.45) is 4.27. The van der Waals surface area contributed by atoms with E-state index < -0.39 is 0 Å². The number of nitriles is 2. The minimum Gasteiger partial charge on any atom is -0.268 e. The second-order valence-corrected chi connectivity index (χ2v) is 6.54. The van der Waals surface area contributed by atoms with Crippen LogP contribution in [0.3, 0.4) is 0 Å². The molecule has 0 radical (unpaired) electrons. The maximum atomic E-state index is 9.07. The number of hydrogen-bond donors (Lipinski definition) is 0. The van der Waals surface area contributed by atoms with Gasteiger partial charge in [-0.2, -0.15) is 15.6 Å². The molecule has 0 saturated carbocycles. The van der Waals surface area contributed by atoms with Gasteiger partial charge in [-0.25, -0.2) is 0 Å². The van der Waals surface area contributed by atoms with Crippen molar-refractivity contribution < 1.29 is 0 Å². The van der Waals surface area contributed by atoms with Crippen molar-refractivity contribution in [1.29, 1.82) is 10.5 Å². The van der Waals surface area contributed by atoms with Gasteiger partial charge in [0.05, 0.1) is 30.8 Å². The van der Waals surface area contributed by atoms with Crippen LogP contribution in [0.4, 0.5) is 0 Å². The largest absolute Gasteiger partial charge is 0.268 e. The highest BCUT2D eigenvalue weighted by atomic mass is 15.3. The van der Waals surface area contributed by atoms with Crippen LogP contribution in [0.25, 0.3) is 0 Å². The lowest BCUT2D eigenvalue weighted by Gasteiger charge is -2.25. The zero-order valence-corrected chi connectivity index (χ0v) is 12.6. The van der Waals surface area contributed by atoms with Crippen LogP contribution in [0.5, 0.6) is 0 Å². The average Bonchev–Trinajstić information content (AvgIpc) is 2.76. The Labute approximate surface area is 121 Å². The quantitative estimate of drug-likeness (QED) is 0.845. The summed E-state index contributed by atoms with van der Waals surface area (Å²) in [5.41, 5.74) is 3.65. The summed E-state index contributed by atoms with van der Waals surface area (Å²) in [5.74, 6) is 0.314. The predicted molar refractivity (Wildman–Crippen MR) is 77.1 cm³/mol. The first-order valence-electron chi connectivity index (χ1n) is 7.33. The van der Waals surface area contributed by atoms with Gasteiger partial charge >= 0.3 is 0 Å². The fraction of sp³-hybridized carbons (Fsp3) is 0.688. The van der Waals surface area contributed by atoms with Crippen LogP contribution in [-0.4, -0.2) is 9.78 Å². The van der Waals surface area contributed by atoms with Crippen LogP contribution >= 0.6 is 0 Å². The number of rotatable bonds is 3. The van der Waals surface area contributed by atoms with Gasteiger partial charge in [0.25, 0.3) is 0 Å². The third-order valence-electron chi connectivity index (χ3n) is 3.96. The molecule has 1 heterocycles. The topological polar surface area (TPSA) is 65.4 Å². The minimum atomic E-state index is -0.0208. The molecule has 0 N–H and O–H groups in total. The van der Waals surface area contributed by atoms with E-state index in [1.54, 1.807) is 0 Å². The normalized spacial score (nSPS) is 18.1. The lowest BCUT2D eigenvalue weighted by molar-refractivity contribution is 0.518. The van der Waals surface area contributed by atoms with Crippen molar-refractivity contribution in [1.82, 2.24) is 9.78 Å². The van der Waals surface area contributed by atoms with Crippen molar-refractivity contribution >= 4 is 0 Å². The van der Waals surface area contributed by atoms with Crippen molar-refractivity contribution in [3.63, 3.8) is 0 Å². The van der Waals surface area contributed by atoms with E-state index in [2.05, 4.69) is 32.9 Å². The Kier molecular flexibility index (Phi) is 4.14. The van der Waals surface area contributed by atoms with Gasteiger partial charge in [-0.15, -0.1) is 0 Å². The zero-order chi connectivity index (χ0) is 14.8. The fourth-order valence-corrected chi connectivity index (χ4v) is 3.07. The summed E-state index contributed by atoms with van der Waals surface area (Å²) in [6, 6.07) is 4.51. The maximum absolute atomic E-state index is 9.07. The molecule has 1 aromatic rings. The molecule has 1 unspecified atom stereocenters.